The summed E-state index contributed by atoms with van der Waals surface area (Å²) in [4.78, 5) is 23.7. The first-order chi connectivity index (χ1) is 13.7. The minimum Gasteiger partial charge on any atom is -0.466 e. The van der Waals surface area contributed by atoms with E-state index >= 15 is 0 Å². The minimum atomic E-state index is -0.505. The van der Waals surface area contributed by atoms with E-state index in [1.165, 1.54) is 25.7 Å². The summed E-state index contributed by atoms with van der Waals surface area (Å²) in [6.45, 7) is 13.6. The topological polar surface area (TPSA) is 52.6 Å². The zero-order valence-electron chi connectivity index (χ0n) is 18.7. The van der Waals surface area contributed by atoms with Gasteiger partial charge in [-0.15, -0.1) is 6.58 Å². The second kappa shape index (κ2) is 8.28. The van der Waals surface area contributed by atoms with Crippen LogP contribution < -0.4 is 0 Å². The third-order valence-electron chi connectivity index (χ3n) is 8.11. The van der Waals surface area contributed by atoms with Crippen LogP contribution in [0.5, 0.6) is 0 Å². The SMILES string of the molecule is C=CC1(C)CC=C2C(CCC3C(C)(COC(=O)CC(=O)OCC)CCCC23C)C1. The molecule has 0 aliphatic heterocycles. The lowest BCUT2D eigenvalue weighted by Gasteiger charge is -2.59. The first-order valence-electron chi connectivity index (χ1n) is 11.3. The number of hydrogen-bond acceptors (Lipinski definition) is 4. The Morgan fingerprint density at radius 3 is 2.59 bits per heavy atom. The molecule has 0 aromatic heterocycles. The molecule has 5 atom stereocenters. The number of fused-ring (bicyclic) bond motifs is 3. The average Bonchev–Trinajstić information content (AvgIpc) is 2.66. The van der Waals surface area contributed by atoms with E-state index < -0.39 is 11.9 Å². The Kier molecular flexibility index (Phi) is 6.31. The number of ether oxygens (including phenoxy) is 2. The first kappa shape index (κ1) is 22.1. The van der Waals surface area contributed by atoms with Crippen LogP contribution in [0.4, 0.5) is 0 Å². The van der Waals surface area contributed by atoms with Gasteiger partial charge in [-0.25, -0.2) is 0 Å². The van der Waals surface area contributed by atoms with Gasteiger partial charge in [-0.05, 0) is 68.1 Å². The van der Waals surface area contributed by atoms with Crippen molar-refractivity contribution in [2.75, 3.05) is 13.2 Å². The predicted octanol–water partition coefficient (Wildman–Crippen LogP) is 5.62. The third-order valence-corrected chi connectivity index (χ3v) is 8.11. The van der Waals surface area contributed by atoms with Gasteiger partial charge in [0, 0.05) is 5.41 Å². The van der Waals surface area contributed by atoms with Gasteiger partial charge in [-0.2, -0.15) is 0 Å². The Morgan fingerprint density at radius 2 is 1.90 bits per heavy atom. The highest BCUT2D eigenvalue weighted by molar-refractivity contribution is 5.91. The maximum absolute atomic E-state index is 12.1. The van der Waals surface area contributed by atoms with Gasteiger partial charge in [-0.1, -0.05) is 44.9 Å². The molecular weight excluding hydrogens is 364 g/mol. The molecule has 4 heteroatoms. The van der Waals surface area contributed by atoms with Crippen LogP contribution in [0.25, 0.3) is 0 Å². The fourth-order valence-electron chi connectivity index (χ4n) is 6.55. The van der Waals surface area contributed by atoms with Crippen LogP contribution in [0.3, 0.4) is 0 Å². The van der Waals surface area contributed by atoms with Gasteiger partial charge in [0.05, 0.1) is 13.2 Å². The van der Waals surface area contributed by atoms with Crippen molar-refractivity contribution in [1.29, 1.82) is 0 Å². The van der Waals surface area contributed by atoms with E-state index in [4.69, 9.17) is 9.47 Å². The monoisotopic (exact) mass is 402 g/mol. The molecule has 0 saturated heterocycles. The van der Waals surface area contributed by atoms with Crippen LogP contribution >= 0.6 is 0 Å². The van der Waals surface area contributed by atoms with Crippen LogP contribution in [0.1, 0.15) is 79.1 Å². The van der Waals surface area contributed by atoms with Crippen molar-refractivity contribution < 1.29 is 19.1 Å². The molecule has 162 valence electrons. The minimum absolute atomic E-state index is 0.0394. The molecule has 29 heavy (non-hydrogen) atoms. The largest absolute Gasteiger partial charge is 0.466 e. The molecule has 2 saturated carbocycles. The molecule has 3 rings (SSSR count). The number of carbonyl (C=O) groups is 2. The second-order valence-electron chi connectivity index (χ2n) is 10.3. The summed E-state index contributed by atoms with van der Waals surface area (Å²) in [6, 6.07) is 0. The van der Waals surface area contributed by atoms with Crippen LogP contribution in [-0.4, -0.2) is 25.2 Å². The van der Waals surface area contributed by atoms with Gasteiger partial charge in [0.1, 0.15) is 6.42 Å². The highest BCUT2D eigenvalue weighted by Gasteiger charge is 2.55. The maximum Gasteiger partial charge on any atom is 0.317 e. The molecule has 0 heterocycles. The Hall–Kier alpha value is -1.58. The van der Waals surface area contributed by atoms with Crippen molar-refractivity contribution in [3.8, 4) is 0 Å². The van der Waals surface area contributed by atoms with Crippen molar-refractivity contribution in [2.24, 2.45) is 28.1 Å². The van der Waals surface area contributed by atoms with Gasteiger partial charge in [0.2, 0.25) is 0 Å². The molecule has 0 amide bonds. The van der Waals surface area contributed by atoms with Gasteiger partial charge in [-0.3, -0.25) is 9.59 Å². The van der Waals surface area contributed by atoms with Crippen molar-refractivity contribution in [2.45, 2.75) is 79.1 Å². The molecule has 0 bridgehead atoms. The molecule has 3 aliphatic rings. The summed E-state index contributed by atoms with van der Waals surface area (Å²) in [5.74, 6) is 0.190. The zero-order valence-corrected chi connectivity index (χ0v) is 18.7. The van der Waals surface area contributed by atoms with E-state index in [1.807, 2.05) is 0 Å². The normalized spacial score (nSPS) is 38.8. The lowest BCUT2D eigenvalue weighted by atomic mass is 9.46. The van der Waals surface area contributed by atoms with E-state index in [-0.39, 0.29) is 29.3 Å². The Labute approximate surface area is 176 Å². The van der Waals surface area contributed by atoms with Gasteiger partial charge in [0.15, 0.2) is 0 Å². The van der Waals surface area contributed by atoms with Gasteiger partial charge in [0.25, 0.3) is 0 Å². The molecule has 0 spiro atoms. The van der Waals surface area contributed by atoms with Crippen molar-refractivity contribution >= 4 is 11.9 Å². The number of esters is 2. The zero-order chi connectivity index (χ0) is 21.3. The van der Waals surface area contributed by atoms with E-state index in [1.54, 1.807) is 12.5 Å². The van der Waals surface area contributed by atoms with E-state index in [0.29, 0.717) is 18.4 Å². The summed E-state index contributed by atoms with van der Waals surface area (Å²) in [5, 5.41) is 0. The Bertz CT molecular complexity index is 695. The number of allylic oxidation sites excluding steroid dienone is 3. The number of rotatable bonds is 6. The number of hydrogen-bond donors (Lipinski definition) is 0. The highest BCUT2D eigenvalue weighted by atomic mass is 16.6. The van der Waals surface area contributed by atoms with Gasteiger partial charge >= 0.3 is 11.9 Å². The van der Waals surface area contributed by atoms with Gasteiger partial charge < -0.3 is 9.47 Å². The van der Waals surface area contributed by atoms with Crippen molar-refractivity contribution in [3.05, 3.63) is 24.3 Å². The molecule has 3 aliphatic carbocycles. The van der Waals surface area contributed by atoms with Crippen LogP contribution in [0.15, 0.2) is 24.3 Å². The van der Waals surface area contributed by atoms with E-state index in [2.05, 4.69) is 39.5 Å². The Morgan fingerprint density at radius 1 is 1.17 bits per heavy atom. The summed E-state index contributed by atoms with van der Waals surface area (Å²) in [5.41, 5.74) is 2.02. The van der Waals surface area contributed by atoms with Crippen LogP contribution in [0.2, 0.25) is 0 Å². The summed E-state index contributed by atoms with van der Waals surface area (Å²) >= 11 is 0. The van der Waals surface area contributed by atoms with Crippen LogP contribution in [-0.2, 0) is 19.1 Å². The van der Waals surface area contributed by atoms with Crippen LogP contribution in [0, 0.1) is 28.1 Å². The number of carbonyl (C=O) groups excluding carboxylic acids is 2. The maximum atomic E-state index is 12.1. The molecule has 2 fully saturated rings. The fourth-order valence-corrected chi connectivity index (χ4v) is 6.55. The quantitative estimate of drug-likeness (QED) is 0.329. The average molecular weight is 403 g/mol. The second-order valence-corrected chi connectivity index (χ2v) is 10.3. The lowest BCUT2D eigenvalue weighted by molar-refractivity contribution is -0.159. The standard InChI is InChI=1S/C25H38O4/c1-6-23(3)14-11-19-18(16-23)9-10-20-24(4,12-8-13-25(19,20)5)17-29-22(27)15-21(26)28-7-2/h6,11,18,20H,1,7-10,12-17H2,2-5H3. The predicted molar refractivity (Wildman–Crippen MR) is 114 cm³/mol. The summed E-state index contributed by atoms with van der Waals surface area (Å²) in [7, 11) is 0. The highest BCUT2D eigenvalue weighted by Crippen LogP contribution is 2.63. The molecule has 0 N–H and O–H groups in total. The fraction of sp³-hybridized carbons (Fsp3) is 0.760. The van der Waals surface area contributed by atoms with Crippen molar-refractivity contribution in [1.82, 2.24) is 0 Å². The third kappa shape index (κ3) is 4.32. The lowest BCUT2D eigenvalue weighted by Crippen LogP contribution is -2.51. The van der Waals surface area contributed by atoms with Crippen molar-refractivity contribution in [3.63, 3.8) is 0 Å². The molecule has 5 unspecified atom stereocenters. The summed E-state index contributed by atoms with van der Waals surface area (Å²) < 4.78 is 10.5. The smallest absolute Gasteiger partial charge is 0.317 e. The molecule has 0 radical (unpaired) electrons. The van der Waals surface area contributed by atoms with E-state index in [9.17, 15) is 9.59 Å². The molecule has 0 aromatic rings. The van der Waals surface area contributed by atoms with E-state index in [0.717, 1.165) is 19.3 Å². The molecule has 4 nitrogen and oxygen atoms in total. The molecular formula is C25H38O4. The first-order valence-corrected chi connectivity index (χ1v) is 11.3. The summed E-state index contributed by atoms with van der Waals surface area (Å²) in [6.07, 6.45) is 12.5. The molecule has 0 aromatic carbocycles. The Balaban J connectivity index is 1.73.